The van der Waals surface area contributed by atoms with Crippen LogP contribution in [0.1, 0.15) is 32.6 Å². The fraction of sp³-hybridized carbons (Fsp3) is 1.00. The van der Waals surface area contributed by atoms with Gasteiger partial charge < -0.3 is 0 Å². The van der Waals surface area contributed by atoms with Gasteiger partial charge in [0.15, 0.2) is 0 Å². The van der Waals surface area contributed by atoms with Crippen molar-refractivity contribution < 1.29 is 0 Å². The van der Waals surface area contributed by atoms with E-state index in [0.717, 1.165) is 14.8 Å². The summed E-state index contributed by atoms with van der Waals surface area (Å²) in [4.78, 5) is 0. The van der Waals surface area contributed by atoms with E-state index in [-0.39, 0.29) is 0 Å². The molecule has 4 bridgehead atoms. The number of rotatable bonds is 1. The first-order chi connectivity index (χ1) is 5.75. The maximum Gasteiger partial charge on any atom is 0.0292 e. The van der Waals surface area contributed by atoms with Crippen molar-refractivity contribution in [1.29, 1.82) is 0 Å². The molecular weight excluding hydrogens is 259 g/mol. The SMILES string of the molecule is CCC1C2C3CCC4C3(I)C[C@]124. The number of hydrogen-bond acceptors (Lipinski definition) is 0. The van der Waals surface area contributed by atoms with E-state index in [4.69, 9.17) is 0 Å². The summed E-state index contributed by atoms with van der Waals surface area (Å²) in [5.41, 5.74) is 0.943. The zero-order valence-electron chi connectivity index (χ0n) is 7.52. The van der Waals surface area contributed by atoms with Gasteiger partial charge in [-0.25, -0.2) is 0 Å². The number of hydrogen-bond donors (Lipinski definition) is 0. The van der Waals surface area contributed by atoms with Gasteiger partial charge >= 0.3 is 0 Å². The van der Waals surface area contributed by atoms with E-state index in [0.29, 0.717) is 0 Å². The van der Waals surface area contributed by atoms with Crippen LogP contribution in [0, 0.1) is 29.1 Å². The van der Waals surface area contributed by atoms with Gasteiger partial charge in [0.25, 0.3) is 0 Å². The molecule has 0 aromatic carbocycles. The first kappa shape index (κ1) is 7.08. The average Bonchev–Trinajstić information content (AvgIpc) is 2.47. The van der Waals surface area contributed by atoms with Gasteiger partial charge in [0.05, 0.1) is 0 Å². The zero-order valence-corrected chi connectivity index (χ0v) is 9.67. The number of halogens is 1. The Bertz CT molecular complexity index is 266. The zero-order chi connectivity index (χ0) is 8.14. The molecule has 6 atom stereocenters. The van der Waals surface area contributed by atoms with Gasteiger partial charge in [0.2, 0.25) is 0 Å². The molecule has 0 saturated heterocycles. The normalized spacial score (nSPS) is 75.5. The van der Waals surface area contributed by atoms with Crippen molar-refractivity contribution in [2.75, 3.05) is 0 Å². The number of fused-ring (bicyclic) bond motifs is 1. The quantitative estimate of drug-likeness (QED) is 0.508. The topological polar surface area (TPSA) is 0 Å². The van der Waals surface area contributed by atoms with Crippen LogP contribution in [0.15, 0.2) is 0 Å². The molecule has 12 heavy (non-hydrogen) atoms. The summed E-state index contributed by atoms with van der Waals surface area (Å²) >= 11 is 2.81. The Morgan fingerprint density at radius 2 is 2.25 bits per heavy atom. The molecule has 4 aliphatic carbocycles. The summed E-state index contributed by atoms with van der Waals surface area (Å²) in [5, 5.41) is 0. The lowest BCUT2D eigenvalue weighted by molar-refractivity contribution is 0.127. The van der Waals surface area contributed by atoms with Gasteiger partial charge in [0, 0.05) is 3.42 Å². The number of alkyl halides is 1. The van der Waals surface area contributed by atoms with Crippen molar-refractivity contribution in [3.05, 3.63) is 0 Å². The lowest BCUT2D eigenvalue weighted by atomic mass is 9.65. The van der Waals surface area contributed by atoms with Crippen molar-refractivity contribution in [3.63, 3.8) is 0 Å². The molecule has 0 aromatic heterocycles. The molecule has 5 unspecified atom stereocenters. The minimum atomic E-state index is 0.827. The molecule has 66 valence electrons. The second-order valence-electron chi connectivity index (χ2n) is 5.49. The highest BCUT2D eigenvalue weighted by atomic mass is 127. The molecule has 0 heterocycles. The Hall–Kier alpha value is 0.730. The van der Waals surface area contributed by atoms with Crippen LogP contribution in [0.5, 0.6) is 0 Å². The summed E-state index contributed by atoms with van der Waals surface area (Å²) in [6.45, 7) is 2.41. The molecule has 0 aliphatic heterocycles. The van der Waals surface area contributed by atoms with Crippen LogP contribution in [0.2, 0.25) is 0 Å². The molecule has 0 N–H and O–H groups in total. The highest BCUT2D eigenvalue weighted by Crippen LogP contribution is 2.94. The Balaban J connectivity index is 1.83. The van der Waals surface area contributed by atoms with Crippen molar-refractivity contribution in [1.82, 2.24) is 0 Å². The average molecular weight is 274 g/mol. The third kappa shape index (κ3) is 0.411. The third-order valence-electron chi connectivity index (χ3n) is 5.70. The van der Waals surface area contributed by atoms with Crippen molar-refractivity contribution in [2.45, 2.75) is 36.0 Å². The molecule has 4 fully saturated rings. The molecule has 4 aliphatic rings. The molecule has 0 radical (unpaired) electrons. The molecule has 0 aromatic rings. The van der Waals surface area contributed by atoms with Crippen LogP contribution in [0.3, 0.4) is 0 Å². The highest BCUT2D eigenvalue weighted by Gasteiger charge is 2.90. The fourth-order valence-electron chi connectivity index (χ4n) is 5.60. The van der Waals surface area contributed by atoms with Gasteiger partial charge in [-0.15, -0.1) is 0 Å². The van der Waals surface area contributed by atoms with E-state index in [2.05, 4.69) is 29.5 Å². The summed E-state index contributed by atoms with van der Waals surface area (Å²) < 4.78 is 0.827. The van der Waals surface area contributed by atoms with Crippen LogP contribution in [-0.2, 0) is 0 Å². The van der Waals surface area contributed by atoms with Crippen LogP contribution < -0.4 is 0 Å². The summed E-state index contributed by atoms with van der Waals surface area (Å²) in [6.07, 6.45) is 6.25. The van der Waals surface area contributed by atoms with Crippen molar-refractivity contribution >= 4 is 22.6 Å². The van der Waals surface area contributed by atoms with Crippen LogP contribution in [-0.4, -0.2) is 3.42 Å². The molecule has 1 heteroatoms. The van der Waals surface area contributed by atoms with Crippen LogP contribution in [0.25, 0.3) is 0 Å². The Kier molecular flexibility index (Phi) is 0.965. The minimum absolute atomic E-state index is 0.827. The highest BCUT2D eigenvalue weighted by molar-refractivity contribution is 14.1. The van der Waals surface area contributed by atoms with E-state index in [1.54, 1.807) is 19.3 Å². The summed E-state index contributed by atoms with van der Waals surface area (Å²) in [6, 6.07) is 0. The molecular formula is C11H15I. The predicted molar refractivity (Wildman–Crippen MR) is 57.3 cm³/mol. The largest absolute Gasteiger partial charge is 0.0782 e. The van der Waals surface area contributed by atoms with Crippen molar-refractivity contribution in [2.24, 2.45) is 29.1 Å². The smallest absolute Gasteiger partial charge is 0.0292 e. The summed E-state index contributed by atoms with van der Waals surface area (Å²) in [5.74, 6) is 4.71. The maximum absolute atomic E-state index is 2.81. The third-order valence-corrected chi connectivity index (χ3v) is 7.63. The lowest BCUT2D eigenvalue weighted by Gasteiger charge is -2.47. The molecule has 0 amide bonds. The first-order valence-electron chi connectivity index (χ1n) is 5.44. The van der Waals surface area contributed by atoms with Gasteiger partial charge in [-0.1, -0.05) is 35.9 Å². The van der Waals surface area contributed by atoms with E-state index in [1.807, 2.05) is 0 Å². The predicted octanol–water partition coefficient (Wildman–Crippen LogP) is 3.25. The van der Waals surface area contributed by atoms with Gasteiger partial charge in [-0.05, 0) is 48.3 Å². The van der Waals surface area contributed by atoms with Gasteiger partial charge in [0.1, 0.15) is 0 Å². The second kappa shape index (κ2) is 1.64. The van der Waals surface area contributed by atoms with Gasteiger partial charge in [-0.2, -0.15) is 0 Å². The molecule has 4 rings (SSSR count). The van der Waals surface area contributed by atoms with E-state index in [9.17, 15) is 0 Å². The van der Waals surface area contributed by atoms with E-state index >= 15 is 0 Å². The fourth-order valence-corrected chi connectivity index (χ4v) is 7.85. The summed E-state index contributed by atoms with van der Waals surface area (Å²) in [7, 11) is 0. The monoisotopic (exact) mass is 274 g/mol. The second-order valence-corrected chi connectivity index (χ2v) is 7.50. The molecule has 0 nitrogen and oxygen atoms in total. The van der Waals surface area contributed by atoms with E-state index in [1.165, 1.54) is 24.2 Å². The Labute approximate surface area is 87.6 Å². The van der Waals surface area contributed by atoms with Crippen LogP contribution >= 0.6 is 22.6 Å². The molecule has 4 saturated carbocycles. The Morgan fingerprint density at radius 1 is 1.42 bits per heavy atom. The minimum Gasteiger partial charge on any atom is -0.0782 e. The lowest BCUT2D eigenvalue weighted by Crippen LogP contribution is -2.46. The first-order valence-corrected chi connectivity index (χ1v) is 6.52. The maximum atomic E-state index is 2.81. The van der Waals surface area contributed by atoms with Crippen molar-refractivity contribution in [3.8, 4) is 0 Å². The Morgan fingerprint density at radius 3 is 2.83 bits per heavy atom. The molecule has 1 spiro atoms. The van der Waals surface area contributed by atoms with Gasteiger partial charge in [-0.3, -0.25) is 0 Å². The van der Waals surface area contributed by atoms with E-state index < -0.39 is 0 Å². The van der Waals surface area contributed by atoms with Crippen LogP contribution in [0.4, 0.5) is 0 Å². The standard InChI is InChI=1S/C11H15I/c1-2-6-9-7-3-4-8-10(6,9)5-11(7,8)12/h6-9H,2-5H2,1H3/t6?,7?,8?,9?,10-,11?/m1/s1.